The summed E-state index contributed by atoms with van der Waals surface area (Å²) in [5.41, 5.74) is 6.89. The van der Waals surface area contributed by atoms with Gasteiger partial charge in [-0.1, -0.05) is 50.6 Å². The van der Waals surface area contributed by atoms with E-state index in [0.717, 1.165) is 11.3 Å². The molecular formula is C25H38N4O5S. The Morgan fingerprint density at radius 3 is 2.49 bits per heavy atom. The first-order valence-corrected chi connectivity index (χ1v) is 13.5. The van der Waals surface area contributed by atoms with Crippen LogP contribution in [0.1, 0.15) is 45.1 Å². The lowest BCUT2D eigenvalue weighted by molar-refractivity contribution is -0.144. The molecule has 1 aromatic rings. The number of rotatable bonds is 13. The molecule has 35 heavy (non-hydrogen) atoms. The smallest absolute Gasteiger partial charge is 0.326 e. The third kappa shape index (κ3) is 8.24. The van der Waals surface area contributed by atoms with Gasteiger partial charge >= 0.3 is 5.97 Å². The van der Waals surface area contributed by atoms with Gasteiger partial charge in [-0.25, -0.2) is 4.79 Å². The highest BCUT2D eigenvalue weighted by molar-refractivity contribution is 7.98. The molecule has 1 aromatic carbocycles. The molecule has 0 spiro atoms. The van der Waals surface area contributed by atoms with Crippen LogP contribution in [0.25, 0.3) is 0 Å². The van der Waals surface area contributed by atoms with Crippen molar-refractivity contribution in [2.24, 2.45) is 11.7 Å². The zero-order valence-corrected chi connectivity index (χ0v) is 21.6. The highest BCUT2D eigenvalue weighted by Crippen LogP contribution is 2.20. The van der Waals surface area contributed by atoms with E-state index in [1.807, 2.05) is 43.5 Å². The van der Waals surface area contributed by atoms with E-state index in [0.29, 0.717) is 32.2 Å². The number of likely N-dealkylation sites (tertiary alicyclic amines) is 1. The molecule has 1 saturated heterocycles. The third-order valence-corrected chi connectivity index (χ3v) is 7.13. The molecule has 0 saturated carbocycles. The number of carbonyl (C=O) groups is 4. The second-order valence-corrected chi connectivity index (χ2v) is 10.0. The van der Waals surface area contributed by atoms with Gasteiger partial charge in [-0.2, -0.15) is 11.8 Å². The summed E-state index contributed by atoms with van der Waals surface area (Å²) in [6, 6.07) is 5.75. The Bertz CT molecular complexity index is 869. The fourth-order valence-electron chi connectivity index (χ4n) is 4.15. The lowest BCUT2D eigenvalue weighted by atomic mass is 9.98. The van der Waals surface area contributed by atoms with Crippen LogP contribution in [-0.2, 0) is 25.6 Å². The molecule has 3 amide bonds. The van der Waals surface area contributed by atoms with E-state index < -0.39 is 42.0 Å². The molecule has 194 valence electrons. The first-order valence-electron chi connectivity index (χ1n) is 12.1. The molecule has 0 radical (unpaired) electrons. The molecule has 0 aromatic heterocycles. The van der Waals surface area contributed by atoms with Crippen molar-refractivity contribution in [1.82, 2.24) is 15.5 Å². The van der Waals surface area contributed by atoms with Gasteiger partial charge in [0.25, 0.3) is 0 Å². The predicted octanol–water partition coefficient (Wildman–Crippen LogP) is 1.40. The minimum absolute atomic E-state index is 0.194. The topological polar surface area (TPSA) is 142 Å². The van der Waals surface area contributed by atoms with Crippen molar-refractivity contribution in [2.75, 3.05) is 18.6 Å². The van der Waals surface area contributed by atoms with Crippen LogP contribution in [-0.4, -0.2) is 76.4 Å². The van der Waals surface area contributed by atoms with E-state index in [2.05, 4.69) is 10.6 Å². The van der Waals surface area contributed by atoms with Crippen molar-refractivity contribution in [3.05, 3.63) is 35.9 Å². The SMILES string of the molecule is CCC(C)C(NC(=O)C(Cc1ccccc1)NC(=O)C1CCCN1C(=O)C(N)CCSC)C(=O)O. The Balaban J connectivity index is 2.18. The molecule has 1 aliphatic rings. The molecule has 1 fully saturated rings. The summed E-state index contributed by atoms with van der Waals surface area (Å²) in [5.74, 6) is -1.91. The molecule has 0 aliphatic carbocycles. The van der Waals surface area contributed by atoms with Crippen LogP contribution in [0, 0.1) is 5.92 Å². The molecule has 5 N–H and O–H groups in total. The van der Waals surface area contributed by atoms with Crippen LogP contribution < -0.4 is 16.4 Å². The van der Waals surface area contributed by atoms with E-state index >= 15 is 0 Å². The van der Waals surface area contributed by atoms with Crippen LogP contribution in [0.15, 0.2) is 30.3 Å². The minimum atomic E-state index is -1.12. The number of nitrogens with zero attached hydrogens (tertiary/aromatic N) is 1. The number of hydrogen-bond donors (Lipinski definition) is 4. The molecule has 5 atom stereocenters. The Morgan fingerprint density at radius 2 is 1.89 bits per heavy atom. The summed E-state index contributed by atoms with van der Waals surface area (Å²) < 4.78 is 0. The molecule has 5 unspecified atom stereocenters. The fraction of sp³-hybridized carbons (Fsp3) is 0.600. The van der Waals surface area contributed by atoms with Gasteiger partial charge in [-0.15, -0.1) is 0 Å². The third-order valence-electron chi connectivity index (χ3n) is 6.48. The van der Waals surface area contributed by atoms with Gasteiger partial charge < -0.3 is 26.4 Å². The number of amides is 3. The minimum Gasteiger partial charge on any atom is -0.480 e. The molecular weight excluding hydrogens is 468 g/mol. The average Bonchev–Trinajstić information content (AvgIpc) is 3.34. The number of carboxylic acid groups (broad SMARTS) is 1. The second-order valence-electron chi connectivity index (χ2n) is 9.04. The molecule has 2 rings (SSSR count). The standard InChI is InChI=1S/C25H38N4O5S/c1-4-16(2)21(25(33)34)28-22(30)19(15-17-9-6-5-7-10-17)27-23(31)20-11-8-13-29(20)24(32)18(26)12-14-35-3/h5-7,9-10,16,18-21H,4,8,11-15,26H2,1-3H3,(H,27,31)(H,28,30)(H,33,34). The fourth-order valence-corrected chi connectivity index (χ4v) is 4.64. The summed E-state index contributed by atoms with van der Waals surface area (Å²) in [4.78, 5) is 52.6. The van der Waals surface area contributed by atoms with Gasteiger partial charge in [0, 0.05) is 13.0 Å². The molecule has 10 heteroatoms. The average molecular weight is 507 g/mol. The summed E-state index contributed by atoms with van der Waals surface area (Å²) >= 11 is 1.60. The number of carbonyl (C=O) groups excluding carboxylic acids is 3. The van der Waals surface area contributed by atoms with Crippen LogP contribution in [0.3, 0.4) is 0 Å². The quantitative estimate of drug-likeness (QED) is 0.317. The molecule has 1 aliphatic heterocycles. The van der Waals surface area contributed by atoms with Gasteiger partial charge in [0.2, 0.25) is 17.7 Å². The van der Waals surface area contributed by atoms with E-state index in [9.17, 15) is 24.3 Å². The maximum Gasteiger partial charge on any atom is 0.326 e. The number of nitrogens with two attached hydrogens (primary N) is 1. The van der Waals surface area contributed by atoms with Crippen molar-refractivity contribution >= 4 is 35.5 Å². The van der Waals surface area contributed by atoms with E-state index in [-0.39, 0.29) is 18.2 Å². The van der Waals surface area contributed by atoms with Crippen molar-refractivity contribution in [3.63, 3.8) is 0 Å². The first kappa shape index (κ1) is 28.6. The second kappa shape index (κ2) is 14.1. The largest absolute Gasteiger partial charge is 0.480 e. The molecule has 9 nitrogen and oxygen atoms in total. The van der Waals surface area contributed by atoms with Gasteiger partial charge in [0.15, 0.2) is 0 Å². The van der Waals surface area contributed by atoms with Gasteiger partial charge in [0.1, 0.15) is 18.1 Å². The Labute approximate surface area is 211 Å². The zero-order chi connectivity index (χ0) is 26.0. The Hall–Kier alpha value is -2.59. The van der Waals surface area contributed by atoms with Gasteiger partial charge in [0.05, 0.1) is 6.04 Å². The normalized spacial score (nSPS) is 18.9. The maximum absolute atomic E-state index is 13.3. The lowest BCUT2D eigenvalue weighted by Gasteiger charge is -2.29. The van der Waals surface area contributed by atoms with E-state index in [4.69, 9.17) is 5.73 Å². The highest BCUT2D eigenvalue weighted by Gasteiger charge is 2.38. The summed E-state index contributed by atoms with van der Waals surface area (Å²) in [5, 5.41) is 15.0. The Morgan fingerprint density at radius 1 is 1.20 bits per heavy atom. The van der Waals surface area contributed by atoms with E-state index in [1.165, 1.54) is 4.90 Å². The van der Waals surface area contributed by atoms with Crippen molar-refractivity contribution < 1.29 is 24.3 Å². The van der Waals surface area contributed by atoms with Crippen LogP contribution in [0.2, 0.25) is 0 Å². The predicted molar refractivity (Wildman–Crippen MR) is 137 cm³/mol. The first-order chi connectivity index (χ1) is 16.7. The number of thioether (sulfide) groups is 1. The number of benzene rings is 1. The van der Waals surface area contributed by atoms with Gasteiger partial charge in [-0.05, 0) is 42.8 Å². The number of aliphatic carboxylic acids is 1. The zero-order valence-electron chi connectivity index (χ0n) is 20.7. The summed E-state index contributed by atoms with van der Waals surface area (Å²) in [6.45, 7) is 4.05. The monoisotopic (exact) mass is 506 g/mol. The van der Waals surface area contributed by atoms with Crippen LogP contribution in [0.5, 0.6) is 0 Å². The summed E-state index contributed by atoms with van der Waals surface area (Å²) in [7, 11) is 0. The van der Waals surface area contributed by atoms with Crippen molar-refractivity contribution in [3.8, 4) is 0 Å². The highest BCUT2D eigenvalue weighted by atomic mass is 32.2. The number of carboxylic acids is 1. The van der Waals surface area contributed by atoms with Gasteiger partial charge in [-0.3, -0.25) is 14.4 Å². The van der Waals surface area contributed by atoms with Crippen LogP contribution in [0.4, 0.5) is 0 Å². The molecule has 1 heterocycles. The number of nitrogens with one attached hydrogen (secondary N) is 2. The Kier molecular flexibility index (Phi) is 11.5. The van der Waals surface area contributed by atoms with E-state index in [1.54, 1.807) is 18.7 Å². The van der Waals surface area contributed by atoms with Crippen molar-refractivity contribution in [2.45, 2.75) is 70.1 Å². The van der Waals surface area contributed by atoms with Crippen LogP contribution >= 0.6 is 11.8 Å². The van der Waals surface area contributed by atoms with Crippen molar-refractivity contribution in [1.29, 1.82) is 0 Å². The number of hydrogen-bond acceptors (Lipinski definition) is 6. The lowest BCUT2D eigenvalue weighted by Crippen LogP contribution is -2.57. The summed E-state index contributed by atoms with van der Waals surface area (Å²) in [6.07, 6.45) is 4.39. The molecule has 0 bridgehead atoms. The maximum atomic E-state index is 13.3.